The smallest absolute Gasteiger partial charge is 0.451 e. The number of alkyl halides is 1. The minimum Gasteiger partial charge on any atom is -0.714 e. The largest absolute Gasteiger partial charge is 0.714 e. The van der Waals surface area contributed by atoms with Crippen molar-refractivity contribution >= 4 is 21.6 Å². The Hall–Kier alpha value is -2.42. The predicted molar refractivity (Wildman–Crippen MR) is 95.6 cm³/mol. The van der Waals surface area contributed by atoms with Gasteiger partial charge in [-0.25, -0.2) is 15.2 Å². The molecule has 25 heavy (non-hydrogen) atoms. The zero-order valence-corrected chi connectivity index (χ0v) is 15.3. The summed E-state index contributed by atoms with van der Waals surface area (Å²) >= 11 is 3.45. The summed E-state index contributed by atoms with van der Waals surface area (Å²) in [6.07, 6.45) is 1.98. The van der Waals surface area contributed by atoms with E-state index in [1.807, 2.05) is 9.24 Å². The number of imidazole rings is 1. The Morgan fingerprint density at radius 2 is 2.16 bits per heavy atom. The number of nitrogens with one attached hydrogen (secondary N) is 1. The lowest BCUT2D eigenvalue weighted by Gasteiger charge is -2.14. The number of nitrogens with zero attached hydrogens (tertiary/aromatic N) is 5. The average Bonchev–Trinajstić information content (AvgIpc) is 3.11. The highest BCUT2D eigenvalue weighted by Crippen LogP contribution is 2.14. The first-order valence-electron chi connectivity index (χ1n) is 8.19. The molecule has 9 heteroatoms. The number of unbranched alkanes of at least 4 members (excludes halogenated alkanes) is 1. The number of hydrogen-bond donors (Lipinski definition) is 2. The molecule has 2 N–H and O–H groups in total. The maximum atomic E-state index is 12.5. The lowest BCUT2D eigenvalue weighted by atomic mass is 10.1. The van der Waals surface area contributed by atoms with E-state index in [2.05, 4.69) is 38.3 Å². The van der Waals surface area contributed by atoms with E-state index < -0.39 is 0 Å². The molecule has 1 aromatic carbocycles. The molecule has 0 spiro atoms. The molecule has 2 aliphatic rings. The van der Waals surface area contributed by atoms with Crippen molar-refractivity contribution in [2.24, 2.45) is 9.98 Å². The minimum atomic E-state index is -0.247. The van der Waals surface area contributed by atoms with Gasteiger partial charge >= 0.3 is 11.1 Å². The van der Waals surface area contributed by atoms with Crippen molar-refractivity contribution < 1.29 is 9.78 Å². The van der Waals surface area contributed by atoms with E-state index in [1.165, 1.54) is 0 Å². The van der Waals surface area contributed by atoms with Gasteiger partial charge in [0.25, 0.3) is 5.08 Å². The molecular weight excluding hydrogens is 388 g/mol. The van der Waals surface area contributed by atoms with Crippen molar-refractivity contribution in [2.45, 2.75) is 31.4 Å². The normalized spacial score (nSPS) is 18.2. The van der Waals surface area contributed by atoms with Crippen LogP contribution in [0, 0.1) is 5.21 Å². The van der Waals surface area contributed by atoms with Crippen molar-refractivity contribution in [2.75, 3.05) is 12.1 Å². The Morgan fingerprint density at radius 1 is 1.40 bits per heavy atom. The number of aromatic hydroxyl groups is 1. The maximum Gasteiger partial charge on any atom is 0.451 e. The van der Waals surface area contributed by atoms with E-state index in [1.54, 1.807) is 24.3 Å². The average molecular weight is 406 g/mol. The first-order chi connectivity index (χ1) is 12.1. The molecule has 1 unspecified atom stereocenters. The summed E-state index contributed by atoms with van der Waals surface area (Å²) in [6, 6.07) is 6.83. The summed E-state index contributed by atoms with van der Waals surface area (Å²) in [6.45, 7) is 2.87. The van der Waals surface area contributed by atoms with Crippen LogP contribution in [0.1, 0.15) is 31.0 Å². The number of rotatable bonds is 4. The summed E-state index contributed by atoms with van der Waals surface area (Å²) in [7, 11) is 0. The van der Waals surface area contributed by atoms with Crippen LogP contribution in [0.2, 0.25) is 0 Å². The second kappa shape index (κ2) is 6.14. The van der Waals surface area contributed by atoms with Gasteiger partial charge in [0.1, 0.15) is 11.5 Å². The van der Waals surface area contributed by atoms with Crippen LogP contribution >= 0.6 is 15.9 Å². The van der Waals surface area contributed by atoms with E-state index in [0.29, 0.717) is 29.1 Å². The Morgan fingerprint density at radius 3 is 2.88 bits per heavy atom. The topological polar surface area (TPSA) is 91.9 Å². The van der Waals surface area contributed by atoms with E-state index in [-0.39, 0.29) is 17.5 Å². The van der Waals surface area contributed by atoms with Crippen molar-refractivity contribution in [1.29, 1.82) is 0 Å². The van der Waals surface area contributed by atoms with Gasteiger partial charge in [0.15, 0.2) is 6.67 Å². The van der Waals surface area contributed by atoms with Gasteiger partial charge in [-0.15, -0.1) is 4.68 Å². The van der Waals surface area contributed by atoms with Crippen molar-refractivity contribution in [1.82, 2.24) is 9.31 Å². The fraction of sp³-hybridized carbons (Fsp3) is 0.375. The quantitative estimate of drug-likeness (QED) is 0.323. The summed E-state index contributed by atoms with van der Waals surface area (Å²) in [5.41, 5.74) is 6.73. The maximum absolute atomic E-state index is 12.5. The van der Waals surface area contributed by atoms with Gasteiger partial charge in [-0.2, -0.15) is 4.57 Å². The summed E-state index contributed by atoms with van der Waals surface area (Å²) in [5.74, 6) is 0.192. The molecule has 0 aliphatic carbocycles. The van der Waals surface area contributed by atoms with Crippen LogP contribution in [0.4, 0.5) is 0 Å². The molecule has 0 amide bonds. The molecule has 1 atom stereocenters. The van der Waals surface area contributed by atoms with Crippen molar-refractivity contribution in [3.63, 3.8) is 0 Å². The molecule has 0 radical (unpaired) electrons. The molecule has 3 heterocycles. The van der Waals surface area contributed by atoms with Gasteiger partial charge < -0.3 is 10.3 Å². The molecule has 1 aromatic heterocycles. The second-order valence-electron chi connectivity index (χ2n) is 5.98. The van der Waals surface area contributed by atoms with Gasteiger partial charge in [0, 0.05) is 5.56 Å². The molecule has 0 fully saturated rings. The van der Waals surface area contributed by atoms with E-state index in [0.717, 1.165) is 23.1 Å². The number of hydroxylamine groups is 1. The van der Waals surface area contributed by atoms with E-state index in [4.69, 9.17) is 0 Å². The number of benzene rings is 1. The standard InChI is InChI=1S/C16H17BrN6O2/c1-2-3-8-21-14-13(23-16(21)19-15(17)20-23)12(18-9-22(14)25)10-4-6-11(24)7-5-10/h4-7,15H,2-3,8-9H2,1H3,(H-,18,20,24)/p+1. The highest BCUT2D eigenvalue weighted by Gasteiger charge is 2.37. The fourth-order valence-electron chi connectivity index (χ4n) is 3.14. The van der Waals surface area contributed by atoms with Gasteiger partial charge in [0.2, 0.25) is 5.69 Å². The van der Waals surface area contributed by atoms with Gasteiger partial charge in [-0.3, -0.25) is 0 Å². The first kappa shape index (κ1) is 16.1. The van der Waals surface area contributed by atoms with E-state index in [9.17, 15) is 10.3 Å². The first-order valence-corrected chi connectivity index (χ1v) is 9.10. The van der Waals surface area contributed by atoms with Crippen LogP contribution in [0.3, 0.4) is 0 Å². The number of hydrogen-bond acceptors (Lipinski definition) is 5. The van der Waals surface area contributed by atoms with Crippen LogP contribution < -0.4 is 25.9 Å². The third kappa shape index (κ3) is 2.58. The zero-order valence-electron chi connectivity index (χ0n) is 13.7. The van der Waals surface area contributed by atoms with Crippen LogP contribution in [-0.2, 0) is 6.54 Å². The van der Waals surface area contributed by atoms with Crippen LogP contribution in [0.5, 0.6) is 5.75 Å². The number of aliphatic imine (C=N–C) groups is 1. The SMILES string of the molecule is CCCCn1c2c([n+]3c1=NC(Br)N3)C(c1ccc(O)cc1)=NC[N+]=2[O-]. The molecule has 4 rings (SSSR count). The summed E-state index contributed by atoms with van der Waals surface area (Å²) in [5, 5.41) is 21.8. The molecule has 2 aromatic rings. The third-order valence-electron chi connectivity index (χ3n) is 4.29. The van der Waals surface area contributed by atoms with Crippen molar-refractivity contribution in [3.05, 3.63) is 51.8 Å². The number of phenolic OH excluding ortho intramolecular Hbond substituents is 1. The fourth-order valence-corrected chi connectivity index (χ4v) is 3.53. The summed E-state index contributed by atoms with van der Waals surface area (Å²) in [4.78, 5) is 9.02. The monoisotopic (exact) mass is 405 g/mol. The highest BCUT2D eigenvalue weighted by molar-refractivity contribution is 9.09. The van der Waals surface area contributed by atoms with Crippen LogP contribution in [0.15, 0.2) is 34.3 Å². The zero-order chi connectivity index (χ0) is 17.6. The Bertz CT molecular complexity index is 980. The third-order valence-corrected chi connectivity index (χ3v) is 4.70. The number of aromatic nitrogens is 2. The minimum absolute atomic E-state index is 0.0382. The Labute approximate surface area is 152 Å². The van der Waals surface area contributed by atoms with E-state index >= 15 is 0 Å². The van der Waals surface area contributed by atoms with Crippen LogP contribution in [-0.4, -0.2) is 27.1 Å². The molecule has 0 bridgehead atoms. The number of halogens is 1. The number of phenols is 1. The number of fused-ring (bicyclic) bond motifs is 3. The van der Waals surface area contributed by atoms with Gasteiger partial charge in [-0.05, 0) is 46.6 Å². The predicted octanol–water partition coefficient (Wildman–Crippen LogP) is -0.0661. The molecule has 0 saturated carbocycles. The highest BCUT2D eigenvalue weighted by atomic mass is 79.9. The second-order valence-corrected chi connectivity index (χ2v) is 6.85. The lowest BCUT2D eigenvalue weighted by Crippen LogP contribution is -2.58. The molecule has 8 nitrogen and oxygen atoms in total. The summed E-state index contributed by atoms with van der Waals surface area (Å²) < 4.78 is 4.68. The lowest BCUT2D eigenvalue weighted by molar-refractivity contribution is -0.660. The Balaban J connectivity index is 1.96. The van der Waals surface area contributed by atoms with Crippen LogP contribution in [0.25, 0.3) is 0 Å². The Kier molecular flexibility index (Phi) is 3.95. The molecule has 0 saturated heterocycles. The van der Waals surface area contributed by atoms with Crippen molar-refractivity contribution in [3.8, 4) is 5.75 Å². The molecular formula is C16H18BrN6O2+. The van der Waals surface area contributed by atoms with Gasteiger partial charge in [0.05, 0.1) is 6.54 Å². The van der Waals surface area contributed by atoms with Gasteiger partial charge in [-0.1, -0.05) is 18.3 Å². The molecule has 130 valence electrons. The molecule has 2 aliphatic heterocycles.